The second-order valence-electron chi connectivity index (χ2n) is 29.8. The van der Waals surface area contributed by atoms with E-state index in [2.05, 4.69) is 55.4 Å². The molecule has 4 unspecified atom stereocenters. The van der Waals surface area contributed by atoms with Crippen LogP contribution in [0.15, 0.2) is 0 Å². The second kappa shape index (κ2) is 67.2. The Morgan fingerprint density at radius 1 is 0.289 bits per heavy atom. The fourth-order valence-corrected chi connectivity index (χ4v) is 13.5. The van der Waals surface area contributed by atoms with E-state index in [1.807, 2.05) is 0 Å². The number of phosphoric ester groups is 2. The fourth-order valence-electron chi connectivity index (χ4n) is 11.9. The Morgan fingerprint density at radius 2 is 0.495 bits per heavy atom. The quantitative estimate of drug-likeness (QED) is 0.0222. The van der Waals surface area contributed by atoms with Crippen LogP contribution in [0.5, 0.6) is 0 Å². The van der Waals surface area contributed by atoms with Crippen molar-refractivity contribution in [3.8, 4) is 0 Å². The third-order valence-electron chi connectivity index (χ3n) is 18.4. The van der Waals surface area contributed by atoms with Crippen molar-refractivity contribution in [2.75, 3.05) is 39.6 Å². The molecule has 0 rings (SSSR count). The number of unbranched alkanes of at least 4 members (excludes halogenated alkanes) is 40. The average molecular weight is 1420 g/mol. The van der Waals surface area contributed by atoms with Gasteiger partial charge in [-0.05, 0) is 49.4 Å². The summed E-state index contributed by atoms with van der Waals surface area (Å²) in [7, 11) is -9.91. The fraction of sp³-hybridized carbons (Fsp3) is 0.949. The lowest BCUT2D eigenvalue weighted by atomic mass is 9.99. The number of esters is 4. The second-order valence-corrected chi connectivity index (χ2v) is 32.7. The van der Waals surface area contributed by atoms with Crippen molar-refractivity contribution in [2.24, 2.45) is 23.7 Å². The molecule has 0 aromatic rings. The Bertz CT molecular complexity index is 1900. The lowest BCUT2D eigenvalue weighted by molar-refractivity contribution is -0.161. The maximum Gasteiger partial charge on any atom is 0.472 e. The summed E-state index contributed by atoms with van der Waals surface area (Å²) < 4.78 is 68.5. The summed E-state index contributed by atoms with van der Waals surface area (Å²) >= 11 is 0. The number of rotatable bonds is 75. The van der Waals surface area contributed by atoms with Gasteiger partial charge in [0, 0.05) is 25.7 Å². The molecule has 0 fully saturated rings. The van der Waals surface area contributed by atoms with Gasteiger partial charge in [-0.1, -0.05) is 344 Å². The van der Waals surface area contributed by atoms with Gasteiger partial charge in [0.2, 0.25) is 0 Å². The van der Waals surface area contributed by atoms with Crippen molar-refractivity contribution in [1.29, 1.82) is 0 Å². The van der Waals surface area contributed by atoms with E-state index in [4.69, 9.17) is 37.0 Å². The third kappa shape index (κ3) is 70.9. The first-order chi connectivity index (χ1) is 46.6. The Labute approximate surface area is 594 Å². The molecular formula is C78H152O17P2. The van der Waals surface area contributed by atoms with Gasteiger partial charge in [0.15, 0.2) is 12.2 Å². The molecule has 19 heteroatoms. The summed E-state index contributed by atoms with van der Waals surface area (Å²) in [5.74, 6) is 0.951. The number of ether oxygens (including phenoxy) is 4. The van der Waals surface area contributed by atoms with Gasteiger partial charge in [-0.15, -0.1) is 0 Å². The first kappa shape index (κ1) is 95.1. The number of carbonyl (C=O) groups is 4. The zero-order chi connectivity index (χ0) is 71.7. The lowest BCUT2D eigenvalue weighted by Gasteiger charge is -2.21. The van der Waals surface area contributed by atoms with E-state index >= 15 is 0 Å². The molecule has 97 heavy (non-hydrogen) atoms. The minimum atomic E-state index is -4.96. The maximum atomic E-state index is 13.1. The highest BCUT2D eigenvalue weighted by molar-refractivity contribution is 7.47. The van der Waals surface area contributed by atoms with Crippen molar-refractivity contribution in [1.82, 2.24) is 0 Å². The molecule has 0 aliphatic heterocycles. The molecule has 0 bridgehead atoms. The summed E-state index contributed by atoms with van der Waals surface area (Å²) in [6, 6.07) is 0. The topological polar surface area (TPSA) is 237 Å². The van der Waals surface area contributed by atoms with Crippen molar-refractivity contribution >= 4 is 39.5 Å². The van der Waals surface area contributed by atoms with Crippen LogP contribution in [-0.2, 0) is 65.4 Å². The van der Waals surface area contributed by atoms with Crippen LogP contribution < -0.4 is 0 Å². The van der Waals surface area contributed by atoms with Gasteiger partial charge >= 0.3 is 39.5 Å². The summed E-state index contributed by atoms with van der Waals surface area (Å²) in [6.45, 7) is 14.2. The van der Waals surface area contributed by atoms with Crippen LogP contribution in [0.3, 0.4) is 0 Å². The Hall–Kier alpha value is -1.94. The molecule has 0 radical (unpaired) electrons. The van der Waals surface area contributed by atoms with Crippen LogP contribution in [0.2, 0.25) is 0 Å². The van der Waals surface area contributed by atoms with E-state index < -0.39 is 97.5 Å². The number of carbonyl (C=O) groups excluding carboxylic acids is 4. The molecule has 17 nitrogen and oxygen atoms in total. The summed E-state index contributed by atoms with van der Waals surface area (Å²) in [5, 5.41) is 10.6. The van der Waals surface area contributed by atoms with Crippen molar-refractivity contribution in [2.45, 2.75) is 414 Å². The van der Waals surface area contributed by atoms with E-state index in [1.54, 1.807) is 0 Å². The first-order valence-electron chi connectivity index (χ1n) is 40.2. The zero-order valence-electron chi connectivity index (χ0n) is 63.7. The molecule has 0 aliphatic rings. The van der Waals surface area contributed by atoms with Crippen LogP contribution in [-0.4, -0.2) is 96.7 Å². The molecule has 0 spiro atoms. The van der Waals surface area contributed by atoms with Gasteiger partial charge in [-0.3, -0.25) is 37.3 Å². The van der Waals surface area contributed by atoms with Gasteiger partial charge in [-0.2, -0.15) is 0 Å². The molecule has 0 heterocycles. The third-order valence-corrected chi connectivity index (χ3v) is 20.3. The van der Waals surface area contributed by atoms with E-state index in [9.17, 15) is 43.2 Å². The van der Waals surface area contributed by atoms with E-state index in [1.165, 1.54) is 193 Å². The monoisotopic (exact) mass is 1420 g/mol. The Morgan fingerprint density at radius 3 is 0.732 bits per heavy atom. The van der Waals surface area contributed by atoms with Crippen molar-refractivity contribution in [3.05, 3.63) is 0 Å². The van der Waals surface area contributed by atoms with E-state index in [-0.39, 0.29) is 25.7 Å². The summed E-state index contributed by atoms with van der Waals surface area (Å²) in [4.78, 5) is 72.8. The minimum absolute atomic E-state index is 0.105. The van der Waals surface area contributed by atoms with Gasteiger partial charge in [0.05, 0.1) is 26.4 Å². The number of aliphatic hydroxyl groups excluding tert-OH is 1. The number of hydrogen-bond acceptors (Lipinski definition) is 15. The van der Waals surface area contributed by atoms with Gasteiger partial charge < -0.3 is 33.8 Å². The molecule has 6 atom stereocenters. The van der Waals surface area contributed by atoms with Crippen LogP contribution in [0, 0.1) is 23.7 Å². The van der Waals surface area contributed by atoms with Crippen LogP contribution in [0.4, 0.5) is 0 Å². The predicted octanol–water partition coefficient (Wildman–Crippen LogP) is 22.8. The van der Waals surface area contributed by atoms with Crippen LogP contribution in [0.1, 0.15) is 396 Å². The van der Waals surface area contributed by atoms with E-state index in [0.717, 1.165) is 114 Å². The molecule has 0 saturated carbocycles. The number of hydrogen-bond donors (Lipinski definition) is 3. The molecule has 0 aromatic heterocycles. The molecule has 0 aromatic carbocycles. The SMILES string of the molecule is CCC(C)CCCCCCCCCCCCCCCCCCCCC(=O)O[C@H](COC(=O)CCCCCCCCCC(C)C)COP(=O)(O)OCC(O)COP(=O)(O)OC[C@@H](COC(=O)CCCCCCCCCCCC(C)C)OC(=O)CCCCCCCCCCCCC(C)C. The predicted molar refractivity (Wildman–Crippen MR) is 395 cm³/mol. The smallest absolute Gasteiger partial charge is 0.462 e. The molecule has 576 valence electrons. The van der Waals surface area contributed by atoms with Gasteiger partial charge in [-0.25, -0.2) is 9.13 Å². The highest BCUT2D eigenvalue weighted by atomic mass is 31.2. The van der Waals surface area contributed by atoms with E-state index in [0.29, 0.717) is 31.6 Å². The zero-order valence-corrected chi connectivity index (χ0v) is 65.5. The average Bonchev–Trinajstić information content (AvgIpc) is 3.50. The van der Waals surface area contributed by atoms with Crippen molar-refractivity contribution in [3.63, 3.8) is 0 Å². The molecule has 0 saturated heterocycles. The largest absolute Gasteiger partial charge is 0.472 e. The number of aliphatic hydroxyl groups is 1. The molecule has 0 amide bonds. The maximum absolute atomic E-state index is 13.1. The standard InChI is InChI=1S/C78H152O17P2/c1-9-71(8)57-49-41-33-25-18-16-14-12-10-11-13-15-17-19-26-35-44-52-60-77(82)95-74(65-89-76(81)59-51-43-37-29-32-40-48-56-70(6)7)67-93-97(86,87)91-63-72(79)62-90-96(84,85)92-66-73(64-88-75(80)58-50-42-34-28-22-24-31-39-47-55-69(4)5)94-78(83)61-53-45-36-27-21-20-23-30-38-46-54-68(2)3/h68-74,79H,9-67H2,1-8H3,(H,84,85)(H,86,87)/t71?,72?,73-,74-/m1/s1. The highest BCUT2D eigenvalue weighted by Gasteiger charge is 2.30. The highest BCUT2D eigenvalue weighted by Crippen LogP contribution is 2.45. The summed E-state index contributed by atoms with van der Waals surface area (Å²) in [6.07, 6.45) is 52.9. The minimum Gasteiger partial charge on any atom is -0.462 e. The van der Waals surface area contributed by atoms with Gasteiger partial charge in [0.1, 0.15) is 19.3 Å². The molecule has 3 N–H and O–H groups in total. The molecular weight excluding hydrogens is 1270 g/mol. The van der Waals surface area contributed by atoms with Crippen LogP contribution >= 0.6 is 15.6 Å². The van der Waals surface area contributed by atoms with Gasteiger partial charge in [0.25, 0.3) is 0 Å². The lowest BCUT2D eigenvalue weighted by Crippen LogP contribution is -2.30. The number of phosphoric acid groups is 2. The molecule has 0 aliphatic carbocycles. The Kier molecular flexibility index (Phi) is 65.9. The van der Waals surface area contributed by atoms with Crippen molar-refractivity contribution < 1.29 is 80.2 Å². The van der Waals surface area contributed by atoms with Crippen LogP contribution in [0.25, 0.3) is 0 Å². The Balaban J connectivity index is 5.18. The normalized spacial score (nSPS) is 14.4. The summed E-state index contributed by atoms with van der Waals surface area (Å²) in [5.41, 5.74) is 0. The first-order valence-corrected chi connectivity index (χ1v) is 43.2.